The van der Waals surface area contributed by atoms with E-state index in [-0.39, 0.29) is 6.10 Å². The van der Waals surface area contributed by atoms with E-state index in [0.717, 1.165) is 24.2 Å². The Morgan fingerprint density at radius 2 is 1.91 bits per heavy atom. The fourth-order valence-corrected chi connectivity index (χ4v) is 3.73. The fourth-order valence-electron chi connectivity index (χ4n) is 3.73. The Kier molecular flexibility index (Phi) is 8.17. The number of nitrogens with one attached hydrogen (secondary N) is 3. The third-order valence-corrected chi connectivity index (χ3v) is 5.46. The van der Waals surface area contributed by atoms with Gasteiger partial charge in [-0.2, -0.15) is 10.4 Å². The molecule has 1 unspecified atom stereocenters. The molecule has 1 aliphatic heterocycles. The summed E-state index contributed by atoms with van der Waals surface area (Å²) in [4.78, 5) is 1.77. The van der Waals surface area contributed by atoms with E-state index >= 15 is 0 Å². The van der Waals surface area contributed by atoms with Gasteiger partial charge in [0, 0.05) is 37.9 Å². The number of nitrogens with zero attached hydrogens (tertiary/aromatic N) is 4. The SMILES string of the molecule is CNCCC(Oc1cc(C#N)ccc1N/C(C)=C1\C(=N)C(N(C)C)=NN=C1C)c1ccccc1. The lowest BCUT2D eigenvalue weighted by molar-refractivity contribution is 0.196. The van der Waals surface area contributed by atoms with Crippen molar-refractivity contribution in [2.24, 2.45) is 10.2 Å². The van der Waals surface area contributed by atoms with Gasteiger partial charge in [0.2, 0.25) is 0 Å². The lowest BCUT2D eigenvalue weighted by atomic mass is 10.0. The van der Waals surface area contributed by atoms with Gasteiger partial charge < -0.3 is 20.3 Å². The van der Waals surface area contributed by atoms with Crippen molar-refractivity contribution in [3.63, 3.8) is 0 Å². The Morgan fingerprint density at radius 1 is 1.18 bits per heavy atom. The van der Waals surface area contributed by atoms with E-state index in [2.05, 4.69) is 26.9 Å². The van der Waals surface area contributed by atoms with Gasteiger partial charge in [-0.15, -0.1) is 5.10 Å². The number of anilines is 1. The van der Waals surface area contributed by atoms with Crippen molar-refractivity contribution >= 4 is 22.9 Å². The van der Waals surface area contributed by atoms with E-state index in [1.807, 2.05) is 71.4 Å². The number of ether oxygens (including phenoxy) is 1. The van der Waals surface area contributed by atoms with Crippen LogP contribution >= 0.6 is 0 Å². The normalized spacial score (nSPS) is 15.6. The Hall–Kier alpha value is -3.96. The minimum absolute atomic E-state index is 0.195. The second kappa shape index (κ2) is 11.3. The molecule has 0 amide bonds. The highest BCUT2D eigenvalue weighted by Crippen LogP contribution is 2.33. The molecule has 0 radical (unpaired) electrons. The first kappa shape index (κ1) is 24.7. The van der Waals surface area contributed by atoms with Crippen LogP contribution in [0.15, 0.2) is 70.0 Å². The molecule has 0 spiro atoms. The standard InChI is InChI=1S/C26H31N7O/c1-17(24-18(2)31-32-26(25(24)28)33(4)5)30-21-12-11-19(16-27)15-23(21)34-22(13-14-29-3)20-9-7-6-8-10-20/h6-12,15,22,28-30H,13-14H2,1-5H3/b24-17-,28-25?. The Morgan fingerprint density at radius 3 is 2.56 bits per heavy atom. The third kappa shape index (κ3) is 5.69. The highest BCUT2D eigenvalue weighted by atomic mass is 16.5. The van der Waals surface area contributed by atoms with Crippen LogP contribution in [0.25, 0.3) is 0 Å². The van der Waals surface area contributed by atoms with E-state index in [0.29, 0.717) is 39.8 Å². The summed E-state index contributed by atoms with van der Waals surface area (Å²) in [5, 5.41) is 33.1. The molecule has 0 aliphatic carbocycles. The molecule has 0 fully saturated rings. The predicted molar refractivity (Wildman–Crippen MR) is 138 cm³/mol. The van der Waals surface area contributed by atoms with Crippen LogP contribution in [0.3, 0.4) is 0 Å². The maximum absolute atomic E-state index is 9.47. The van der Waals surface area contributed by atoms with Gasteiger partial charge in [0.05, 0.1) is 23.0 Å². The van der Waals surface area contributed by atoms with Gasteiger partial charge >= 0.3 is 0 Å². The summed E-state index contributed by atoms with van der Waals surface area (Å²) >= 11 is 0. The molecule has 3 rings (SSSR count). The lowest BCUT2D eigenvalue weighted by Gasteiger charge is -2.24. The number of rotatable bonds is 8. The summed E-state index contributed by atoms with van der Waals surface area (Å²) in [7, 11) is 5.59. The number of nitriles is 1. The molecule has 0 saturated carbocycles. The molecule has 1 aliphatic rings. The van der Waals surface area contributed by atoms with Crippen molar-refractivity contribution in [3.05, 3.63) is 70.9 Å². The fraction of sp³-hybridized carbons (Fsp3) is 0.308. The van der Waals surface area contributed by atoms with Gasteiger partial charge in [0.15, 0.2) is 5.84 Å². The number of allylic oxidation sites excluding steroid dienone is 1. The Balaban J connectivity index is 1.98. The van der Waals surface area contributed by atoms with Gasteiger partial charge in [0.25, 0.3) is 0 Å². The van der Waals surface area contributed by atoms with E-state index in [1.54, 1.807) is 17.0 Å². The highest BCUT2D eigenvalue weighted by molar-refractivity contribution is 6.53. The summed E-state index contributed by atoms with van der Waals surface area (Å²) < 4.78 is 6.49. The molecule has 0 saturated heterocycles. The zero-order valence-corrected chi connectivity index (χ0v) is 20.3. The number of hydrogen-bond donors (Lipinski definition) is 3. The molecule has 2 aromatic carbocycles. The zero-order chi connectivity index (χ0) is 24.7. The molecule has 3 N–H and O–H groups in total. The molecule has 34 heavy (non-hydrogen) atoms. The molecule has 1 heterocycles. The molecule has 176 valence electrons. The smallest absolute Gasteiger partial charge is 0.176 e. The molecular weight excluding hydrogens is 426 g/mol. The van der Waals surface area contributed by atoms with Gasteiger partial charge in [-0.05, 0) is 45.1 Å². The van der Waals surface area contributed by atoms with Crippen LogP contribution in [0.1, 0.15) is 37.5 Å². The van der Waals surface area contributed by atoms with Gasteiger partial charge in [0.1, 0.15) is 17.6 Å². The molecule has 0 bridgehead atoms. The predicted octanol–water partition coefficient (Wildman–Crippen LogP) is 4.34. The van der Waals surface area contributed by atoms with Crippen LogP contribution in [-0.4, -0.2) is 49.8 Å². The molecule has 0 aromatic heterocycles. The Bertz CT molecular complexity index is 1170. The largest absolute Gasteiger partial charge is 0.483 e. The van der Waals surface area contributed by atoms with Crippen LogP contribution in [0.4, 0.5) is 5.69 Å². The van der Waals surface area contributed by atoms with Crippen molar-refractivity contribution in [3.8, 4) is 11.8 Å². The summed E-state index contributed by atoms with van der Waals surface area (Å²) in [5.74, 6) is 1.07. The highest BCUT2D eigenvalue weighted by Gasteiger charge is 2.24. The van der Waals surface area contributed by atoms with Crippen LogP contribution in [-0.2, 0) is 0 Å². The summed E-state index contributed by atoms with van der Waals surface area (Å²) in [6.45, 7) is 4.52. The van der Waals surface area contributed by atoms with Gasteiger partial charge in [-0.1, -0.05) is 30.3 Å². The minimum atomic E-state index is -0.195. The molecular formula is C26H31N7O. The average molecular weight is 458 g/mol. The third-order valence-electron chi connectivity index (χ3n) is 5.46. The number of benzene rings is 2. The van der Waals surface area contributed by atoms with Crippen molar-refractivity contribution in [1.82, 2.24) is 10.2 Å². The van der Waals surface area contributed by atoms with Gasteiger partial charge in [-0.3, -0.25) is 5.41 Å². The Labute approximate surface area is 201 Å². The van der Waals surface area contributed by atoms with Crippen molar-refractivity contribution < 1.29 is 4.74 Å². The van der Waals surface area contributed by atoms with Crippen LogP contribution in [0.2, 0.25) is 0 Å². The molecule has 8 heteroatoms. The first-order valence-corrected chi connectivity index (χ1v) is 11.1. The van der Waals surface area contributed by atoms with Crippen molar-refractivity contribution in [2.45, 2.75) is 26.4 Å². The summed E-state index contributed by atoms with van der Waals surface area (Å²) in [5.41, 5.74) is 4.68. The van der Waals surface area contributed by atoms with E-state index in [1.165, 1.54) is 0 Å². The first-order valence-electron chi connectivity index (χ1n) is 11.1. The maximum Gasteiger partial charge on any atom is 0.176 e. The monoisotopic (exact) mass is 457 g/mol. The second-order valence-electron chi connectivity index (χ2n) is 8.24. The van der Waals surface area contributed by atoms with E-state index < -0.39 is 0 Å². The van der Waals surface area contributed by atoms with Crippen LogP contribution in [0.5, 0.6) is 5.75 Å². The molecule has 1 atom stereocenters. The van der Waals surface area contributed by atoms with Crippen molar-refractivity contribution in [1.29, 1.82) is 10.7 Å². The average Bonchev–Trinajstić information content (AvgIpc) is 2.83. The zero-order valence-electron chi connectivity index (χ0n) is 20.3. The first-order chi connectivity index (χ1) is 16.3. The maximum atomic E-state index is 9.47. The van der Waals surface area contributed by atoms with E-state index in [9.17, 15) is 5.26 Å². The van der Waals surface area contributed by atoms with Gasteiger partial charge in [-0.25, -0.2) is 0 Å². The lowest BCUT2D eigenvalue weighted by Crippen LogP contribution is -2.35. The summed E-state index contributed by atoms with van der Waals surface area (Å²) in [6.07, 6.45) is 0.565. The number of hydrogen-bond acceptors (Lipinski definition) is 8. The van der Waals surface area contributed by atoms with Crippen LogP contribution < -0.4 is 15.4 Å². The van der Waals surface area contributed by atoms with Crippen LogP contribution in [0, 0.1) is 16.7 Å². The summed E-state index contributed by atoms with van der Waals surface area (Å²) in [6, 6.07) is 17.6. The molecule has 2 aromatic rings. The second-order valence-corrected chi connectivity index (χ2v) is 8.24. The molecule has 8 nitrogen and oxygen atoms in total. The quantitative estimate of drug-likeness (QED) is 0.546. The van der Waals surface area contributed by atoms with E-state index in [4.69, 9.17) is 10.1 Å². The topological polar surface area (TPSA) is 109 Å². The van der Waals surface area contributed by atoms with Crippen molar-refractivity contribution in [2.75, 3.05) is 33.0 Å². The minimum Gasteiger partial charge on any atom is -0.483 e. The number of amidine groups is 1.